The number of nitrogens with one attached hydrogen (secondary N) is 1. The van der Waals surface area contributed by atoms with Crippen LogP contribution >= 0.6 is 0 Å². The van der Waals surface area contributed by atoms with Crippen LogP contribution in [0.5, 0.6) is 0 Å². The van der Waals surface area contributed by atoms with Crippen LogP contribution in [0.25, 0.3) is 0 Å². The first kappa shape index (κ1) is 16.0. The summed E-state index contributed by atoms with van der Waals surface area (Å²) >= 11 is 0. The van der Waals surface area contributed by atoms with Crippen LogP contribution in [0.2, 0.25) is 0 Å². The van der Waals surface area contributed by atoms with Crippen LogP contribution in [-0.4, -0.2) is 37.6 Å². The summed E-state index contributed by atoms with van der Waals surface area (Å²) in [4.78, 5) is 2.56. The minimum atomic E-state index is 0.780. The SMILES string of the molecule is CC(C)CNCCCCCCN(C)C(C)C1CC1. The lowest BCUT2D eigenvalue weighted by atomic mass is 10.1. The van der Waals surface area contributed by atoms with Crippen LogP contribution in [0.3, 0.4) is 0 Å². The molecule has 1 saturated carbocycles. The van der Waals surface area contributed by atoms with Crippen LogP contribution in [0.15, 0.2) is 0 Å². The zero-order valence-corrected chi connectivity index (χ0v) is 13.0. The summed E-state index contributed by atoms with van der Waals surface area (Å²) in [5, 5.41) is 3.52. The second kappa shape index (κ2) is 8.92. The number of hydrogen-bond donors (Lipinski definition) is 1. The fraction of sp³-hybridized carbons (Fsp3) is 1.00. The van der Waals surface area contributed by atoms with E-state index in [2.05, 4.69) is 38.0 Å². The molecule has 1 N–H and O–H groups in total. The molecule has 1 unspecified atom stereocenters. The summed E-state index contributed by atoms with van der Waals surface area (Å²) in [6.45, 7) is 10.6. The minimum Gasteiger partial charge on any atom is -0.316 e. The average molecular weight is 254 g/mol. The maximum Gasteiger partial charge on any atom is 0.00921 e. The Morgan fingerprint density at radius 2 is 1.72 bits per heavy atom. The molecule has 1 rings (SSSR count). The van der Waals surface area contributed by atoms with Gasteiger partial charge in [0.15, 0.2) is 0 Å². The summed E-state index contributed by atoms with van der Waals surface area (Å²) in [6.07, 6.45) is 8.42. The molecular weight excluding hydrogens is 220 g/mol. The third-order valence-corrected chi connectivity index (χ3v) is 4.17. The number of unbranched alkanes of at least 4 members (excludes halogenated alkanes) is 3. The topological polar surface area (TPSA) is 15.3 Å². The molecule has 18 heavy (non-hydrogen) atoms. The van der Waals surface area contributed by atoms with Crippen LogP contribution in [0, 0.1) is 11.8 Å². The first-order chi connectivity index (χ1) is 8.61. The molecule has 1 atom stereocenters. The van der Waals surface area contributed by atoms with E-state index in [1.54, 1.807) is 0 Å². The van der Waals surface area contributed by atoms with Gasteiger partial charge >= 0.3 is 0 Å². The fourth-order valence-electron chi connectivity index (χ4n) is 2.50. The fourth-order valence-corrected chi connectivity index (χ4v) is 2.50. The number of nitrogens with zero attached hydrogens (tertiary/aromatic N) is 1. The van der Waals surface area contributed by atoms with Crippen LogP contribution in [0.4, 0.5) is 0 Å². The lowest BCUT2D eigenvalue weighted by molar-refractivity contribution is 0.229. The number of hydrogen-bond acceptors (Lipinski definition) is 2. The Labute approximate surface area is 115 Å². The molecule has 0 bridgehead atoms. The van der Waals surface area contributed by atoms with Crippen molar-refractivity contribution < 1.29 is 0 Å². The third kappa shape index (κ3) is 7.38. The van der Waals surface area contributed by atoms with E-state index >= 15 is 0 Å². The molecule has 2 heteroatoms. The Balaban J connectivity index is 1.83. The molecule has 0 aromatic carbocycles. The second-order valence-corrected chi connectivity index (χ2v) is 6.57. The highest BCUT2D eigenvalue weighted by Crippen LogP contribution is 2.34. The van der Waals surface area contributed by atoms with Gasteiger partial charge in [0.05, 0.1) is 0 Å². The van der Waals surface area contributed by atoms with E-state index in [-0.39, 0.29) is 0 Å². The Kier molecular flexibility index (Phi) is 7.92. The molecule has 2 nitrogen and oxygen atoms in total. The lowest BCUT2D eigenvalue weighted by Gasteiger charge is -2.24. The average Bonchev–Trinajstić information content (AvgIpc) is 3.15. The van der Waals surface area contributed by atoms with Gasteiger partial charge in [-0.05, 0) is 71.1 Å². The highest BCUT2D eigenvalue weighted by atomic mass is 15.1. The van der Waals surface area contributed by atoms with Crippen molar-refractivity contribution in [2.45, 2.75) is 65.3 Å². The maximum absolute atomic E-state index is 3.52. The molecule has 0 aromatic heterocycles. The summed E-state index contributed by atoms with van der Waals surface area (Å²) in [6, 6.07) is 0.817. The van der Waals surface area contributed by atoms with E-state index < -0.39 is 0 Å². The second-order valence-electron chi connectivity index (χ2n) is 6.57. The molecule has 1 aliphatic rings. The van der Waals surface area contributed by atoms with Crippen LogP contribution in [-0.2, 0) is 0 Å². The van der Waals surface area contributed by atoms with Crippen molar-refractivity contribution >= 4 is 0 Å². The van der Waals surface area contributed by atoms with Gasteiger partial charge in [-0.2, -0.15) is 0 Å². The molecule has 0 spiro atoms. The quantitative estimate of drug-likeness (QED) is 0.568. The van der Waals surface area contributed by atoms with Gasteiger partial charge in [0.25, 0.3) is 0 Å². The lowest BCUT2D eigenvalue weighted by Crippen LogP contribution is -2.31. The van der Waals surface area contributed by atoms with E-state index in [1.165, 1.54) is 58.2 Å². The van der Waals surface area contributed by atoms with Crippen molar-refractivity contribution in [3.8, 4) is 0 Å². The zero-order valence-electron chi connectivity index (χ0n) is 13.0. The largest absolute Gasteiger partial charge is 0.316 e. The first-order valence-corrected chi connectivity index (χ1v) is 8.02. The van der Waals surface area contributed by atoms with Crippen LogP contribution < -0.4 is 5.32 Å². The van der Waals surface area contributed by atoms with Crippen molar-refractivity contribution in [3.05, 3.63) is 0 Å². The first-order valence-electron chi connectivity index (χ1n) is 8.02. The monoisotopic (exact) mass is 254 g/mol. The molecule has 0 aliphatic heterocycles. The summed E-state index contributed by atoms with van der Waals surface area (Å²) in [5.74, 6) is 1.79. The third-order valence-electron chi connectivity index (χ3n) is 4.17. The Morgan fingerprint density at radius 1 is 1.06 bits per heavy atom. The number of rotatable bonds is 11. The van der Waals surface area contributed by atoms with Crippen molar-refractivity contribution in [2.75, 3.05) is 26.7 Å². The van der Waals surface area contributed by atoms with E-state index in [4.69, 9.17) is 0 Å². The standard InChI is InChI=1S/C16H34N2/c1-14(2)13-17-11-7-5-6-8-12-18(4)15(3)16-9-10-16/h14-17H,5-13H2,1-4H3. The Morgan fingerprint density at radius 3 is 2.33 bits per heavy atom. The van der Waals surface area contributed by atoms with Crippen molar-refractivity contribution in [3.63, 3.8) is 0 Å². The van der Waals surface area contributed by atoms with Crippen LogP contribution in [0.1, 0.15) is 59.3 Å². The normalized spacial score (nSPS) is 17.7. The predicted octanol–water partition coefficient (Wildman–Crippen LogP) is 3.52. The van der Waals surface area contributed by atoms with Gasteiger partial charge in [-0.25, -0.2) is 0 Å². The summed E-state index contributed by atoms with van der Waals surface area (Å²) < 4.78 is 0. The zero-order chi connectivity index (χ0) is 13.4. The molecule has 0 amide bonds. The smallest absolute Gasteiger partial charge is 0.00921 e. The van der Waals surface area contributed by atoms with E-state index in [1.807, 2.05) is 0 Å². The highest BCUT2D eigenvalue weighted by molar-refractivity contribution is 4.83. The molecule has 108 valence electrons. The molecule has 1 fully saturated rings. The minimum absolute atomic E-state index is 0.780. The van der Waals surface area contributed by atoms with Gasteiger partial charge in [-0.3, -0.25) is 0 Å². The molecule has 1 aliphatic carbocycles. The maximum atomic E-state index is 3.52. The molecule has 0 radical (unpaired) electrons. The Bertz CT molecular complexity index is 199. The van der Waals surface area contributed by atoms with Gasteiger partial charge in [-0.1, -0.05) is 26.7 Å². The molecule has 0 saturated heterocycles. The van der Waals surface area contributed by atoms with Crippen molar-refractivity contribution in [2.24, 2.45) is 11.8 Å². The van der Waals surface area contributed by atoms with Gasteiger partial charge in [0.1, 0.15) is 0 Å². The van der Waals surface area contributed by atoms with Gasteiger partial charge in [0.2, 0.25) is 0 Å². The van der Waals surface area contributed by atoms with Crippen molar-refractivity contribution in [1.82, 2.24) is 10.2 Å². The predicted molar refractivity (Wildman–Crippen MR) is 81.0 cm³/mol. The molecular formula is C16H34N2. The molecule has 0 heterocycles. The van der Waals surface area contributed by atoms with Gasteiger partial charge in [-0.15, -0.1) is 0 Å². The Hall–Kier alpha value is -0.0800. The van der Waals surface area contributed by atoms with E-state index in [0.29, 0.717) is 0 Å². The van der Waals surface area contributed by atoms with Gasteiger partial charge < -0.3 is 10.2 Å². The summed E-state index contributed by atoms with van der Waals surface area (Å²) in [7, 11) is 2.30. The molecule has 0 aromatic rings. The highest BCUT2D eigenvalue weighted by Gasteiger charge is 2.29. The van der Waals surface area contributed by atoms with Crippen molar-refractivity contribution in [1.29, 1.82) is 0 Å². The van der Waals surface area contributed by atoms with E-state index in [9.17, 15) is 0 Å². The summed E-state index contributed by atoms with van der Waals surface area (Å²) in [5.41, 5.74) is 0. The van der Waals surface area contributed by atoms with E-state index in [0.717, 1.165) is 17.9 Å². The van der Waals surface area contributed by atoms with Gasteiger partial charge in [0, 0.05) is 6.04 Å².